The normalized spacial score (nSPS) is 22.4. The molecular formula is C13H20ClN3O2. The molecule has 0 saturated carbocycles. The van der Waals surface area contributed by atoms with Gasteiger partial charge in [0.2, 0.25) is 5.88 Å². The van der Waals surface area contributed by atoms with Gasteiger partial charge >= 0.3 is 0 Å². The van der Waals surface area contributed by atoms with Gasteiger partial charge in [-0.2, -0.15) is 4.98 Å². The van der Waals surface area contributed by atoms with Crippen molar-refractivity contribution in [3.63, 3.8) is 0 Å². The fourth-order valence-electron chi connectivity index (χ4n) is 2.34. The zero-order valence-electron chi connectivity index (χ0n) is 11.8. The maximum atomic E-state index is 5.94. The summed E-state index contributed by atoms with van der Waals surface area (Å²) in [5.41, 5.74) is -0.246. The summed E-state index contributed by atoms with van der Waals surface area (Å²) >= 11 is 5.94. The lowest BCUT2D eigenvalue weighted by Gasteiger charge is -2.42. The molecule has 0 amide bonds. The molecular weight excluding hydrogens is 266 g/mol. The van der Waals surface area contributed by atoms with Gasteiger partial charge in [-0.1, -0.05) is 0 Å². The van der Waals surface area contributed by atoms with E-state index in [1.54, 1.807) is 7.11 Å². The van der Waals surface area contributed by atoms with Crippen LogP contribution in [0.1, 0.15) is 19.7 Å². The molecule has 1 aromatic heterocycles. The van der Waals surface area contributed by atoms with Gasteiger partial charge in [-0.3, -0.25) is 0 Å². The third-order valence-corrected chi connectivity index (χ3v) is 3.33. The van der Waals surface area contributed by atoms with Crippen molar-refractivity contribution in [2.45, 2.75) is 32.5 Å². The molecule has 1 unspecified atom stereocenters. The molecule has 0 N–H and O–H groups in total. The lowest BCUT2D eigenvalue weighted by atomic mass is 10.1. The lowest BCUT2D eigenvalue weighted by Crippen LogP contribution is -2.53. The average molecular weight is 286 g/mol. The Morgan fingerprint density at radius 2 is 2.26 bits per heavy atom. The van der Waals surface area contributed by atoms with Crippen LogP contribution in [0.15, 0.2) is 6.07 Å². The van der Waals surface area contributed by atoms with Crippen molar-refractivity contribution in [2.24, 2.45) is 0 Å². The lowest BCUT2D eigenvalue weighted by molar-refractivity contribution is -0.0736. The largest absolute Gasteiger partial charge is 0.481 e. The predicted molar refractivity (Wildman–Crippen MR) is 75.2 cm³/mol. The van der Waals surface area contributed by atoms with E-state index in [9.17, 15) is 0 Å². The van der Waals surface area contributed by atoms with Crippen LogP contribution >= 0.6 is 11.6 Å². The molecule has 1 aromatic rings. The van der Waals surface area contributed by atoms with Gasteiger partial charge in [-0.25, -0.2) is 4.98 Å². The molecule has 2 rings (SSSR count). The van der Waals surface area contributed by atoms with E-state index in [-0.39, 0.29) is 11.7 Å². The quantitative estimate of drug-likeness (QED) is 0.795. The van der Waals surface area contributed by atoms with Crippen LogP contribution in [-0.4, -0.2) is 47.8 Å². The molecule has 1 fully saturated rings. The first-order chi connectivity index (χ1) is 8.93. The number of rotatable bonds is 3. The minimum atomic E-state index is -0.246. The molecule has 19 heavy (non-hydrogen) atoms. The Kier molecular flexibility index (Phi) is 4.16. The standard InChI is InChI=1S/C13H20ClN3O2/c1-9-15-11(5-12(16-9)18-4)17-7-10(6-14)19-13(2,3)8-17/h5,10H,6-8H2,1-4H3. The number of hydrogen-bond acceptors (Lipinski definition) is 5. The van der Waals surface area contributed by atoms with Crippen molar-refractivity contribution in [3.05, 3.63) is 11.9 Å². The smallest absolute Gasteiger partial charge is 0.218 e. The highest BCUT2D eigenvalue weighted by Crippen LogP contribution is 2.26. The van der Waals surface area contributed by atoms with Crippen LogP contribution in [0.2, 0.25) is 0 Å². The number of aromatic nitrogens is 2. The van der Waals surface area contributed by atoms with Crippen LogP contribution in [0, 0.1) is 6.92 Å². The van der Waals surface area contributed by atoms with Gasteiger partial charge in [-0.05, 0) is 20.8 Å². The van der Waals surface area contributed by atoms with Gasteiger partial charge in [0.15, 0.2) is 0 Å². The first-order valence-electron chi connectivity index (χ1n) is 6.32. The molecule has 0 aromatic carbocycles. The third kappa shape index (κ3) is 3.48. The summed E-state index contributed by atoms with van der Waals surface area (Å²) in [6, 6.07) is 1.85. The summed E-state index contributed by atoms with van der Waals surface area (Å²) in [4.78, 5) is 10.9. The van der Waals surface area contributed by atoms with E-state index in [2.05, 4.69) is 28.7 Å². The highest BCUT2D eigenvalue weighted by molar-refractivity contribution is 6.18. The molecule has 1 aliphatic heterocycles. The van der Waals surface area contributed by atoms with E-state index in [0.29, 0.717) is 17.6 Å². The summed E-state index contributed by atoms with van der Waals surface area (Å²) in [5, 5.41) is 0. The minimum Gasteiger partial charge on any atom is -0.481 e. The van der Waals surface area contributed by atoms with Crippen LogP contribution in [0.25, 0.3) is 0 Å². The number of ether oxygens (including phenoxy) is 2. The summed E-state index contributed by atoms with van der Waals surface area (Å²) < 4.78 is 11.1. The number of methoxy groups -OCH3 is 1. The van der Waals surface area contributed by atoms with Gasteiger partial charge in [-0.15, -0.1) is 11.6 Å². The Morgan fingerprint density at radius 1 is 1.53 bits per heavy atom. The third-order valence-electron chi connectivity index (χ3n) is 2.99. The van der Waals surface area contributed by atoms with E-state index in [1.807, 2.05) is 13.0 Å². The monoisotopic (exact) mass is 285 g/mol. The summed E-state index contributed by atoms with van der Waals surface area (Å²) in [6.07, 6.45) is 0.00619. The number of aryl methyl sites for hydroxylation is 1. The Balaban J connectivity index is 2.27. The van der Waals surface area contributed by atoms with Crippen molar-refractivity contribution < 1.29 is 9.47 Å². The first-order valence-corrected chi connectivity index (χ1v) is 6.85. The second-order valence-electron chi connectivity index (χ2n) is 5.35. The molecule has 0 aliphatic carbocycles. The number of alkyl halides is 1. The van der Waals surface area contributed by atoms with E-state index < -0.39 is 0 Å². The maximum Gasteiger partial charge on any atom is 0.218 e. The van der Waals surface area contributed by atoms with Crippen molar-refractivity contribution in [3.8, 4) is 5.88 Å². The Labute approximate surface area is 118 Å². The van der Waals surface area contributed by atoms with Crippen molar-refractivity contribution in [1.82, 2.24) is 9.97 Å². The van der Waals surface area contributed by atoms with Crippen molar-refractivity contribution in [1.29, 1.82) is 0 Å². The average Bonchev–Trinajstić information content (AvgIpc) is 2.36. The van der Waals surface area contributed by atoms with E-state index in [0.717, 1.165) is 18.9 Å². The van der Waals surface area contributed by atoms with Crippen LogP contribution in [0.5, 0.6) is 5.88 Å². The van der Waals surface area contributed by atoms with E-state index in [4.69, 9.17) is 21.1 Å². The topological polar surface area (TPSA) is 47.5 Å². The maximum absolute atomic E-state index is 5.94. The number of anilines is 1. The molecule has 1 aliphatic rings. The van der Waals surface area contributed by atoms with Gasteiger partial charge < -0.3 is 14.4 Å². The second kappa shape index (κ2) is 5.51. The SMILES string of the molecule is COc1cc(N2CC(CCl)OC(C)(C)C2)nc(C)n1. The number of hydrogen-bond donors (Lipinski definition) is 0. The zero-order chi connectivity index (χ0) is 14.0. The summed E-state index contributed by atoms with van der Waals surface area (Å²) in [6.45, 7) is 7.47. The van der Waals surface area contributed by atoms with E-state index in [1.165, 1.54) is 0 Å². The van der Waals surface area contributed by atoms with Crippen LogP contribution in [-0.2, 0) is 4.74 Å². The highest BCUT2D eigenvalue weighted by atomic mass is 35.5. The van der Waals surface area contributed by atoms with Gasteiger partial charge in [0.1, 0.15) is 11.6 Å². The first kappa shape index (κ1) is 14.3. The van der Waals surface area contributed by atoms with Crippen LogP contribution in [0.3, 0.4) is 0 Å². The minimum absolute atomic E-state index is 0.00619. The fraction of sp³-hybridized carbons (Fsp3) is 0.692. The van der Waals surface area contributed by atoms with Gasteiger partial charge in [0.25, 0.3) is 0 Å². The van der Waals surface area contributed by atoms with Gasteiger partial charge in [0.05, 0.1) is 24.7 Å². The molecule has 5 nitrogen and oxygen atoms in total. The summed E-state index contributed by atoms with van der Waals surface area (Å²) in [7, 11) is 1.61. The fourth-order valence-corrected chi connectivity index (χ4v) is 2.50. The van der Waals surface area contributed by atoms with Gasteiger partial charge in [0, 0.05) is 19.2 Å². The number of nitrogens with zero attached hydrogens (tertiary/aromatic N) is 3. The molecule has 1 saturated heterocycles. The second-order valence-corrected chi connectivity index (χ2v) is 5.66. The molecule has 2 heterocycles. The number of morpholine rings is 1. The van der Waals surface area contributed by atoms with Crippen LogP contribution < -0.4 is 9.64 Å². The Morgan fingerprint density at radius 3 is 2.89 bits per heavy atom. The highest BCUT2D eigenvalue weighted by Gasteiger charge is 2.33. The molecule has 0 spiro atoms. The zero-order valence-corrected chi connectivity index (χ0v) is 12.6. The molecule has 6 heteroatoms. The Hall–Kier alpha value is -1.07. The molecule has 0 bridgehead atoms. The van der Waals surface area contributed by atoms with Crippen molar-refractivity contribution >= 4 is 17.4 Å². The molecule has 106 valence electrons. The predicted octanol–water partition coefficient (Wildman–Crippen LogP) is 2.02. The molecule has 1 atom stereocenters. The van der Waals surface area contributed by atoms with Crippen LogP contribution in [0.4, 0.5) is 5.82 Å². The summed E-state index contributed by atoms with van der Waals surface area (Å²) in [5.74, 6) is 2.60. The Bertz CT molecular complexity index is 454. The number of halogens is 1. The van der Waals surface area contributed by atoms with Crippen molar-refractivity contribution in [2.75, 3.05) is 31.0 Å². The molecule has 0 radical (unpaired) electrons. The van der Waals surface area contributed by atoms with E-state index >= 15 is 0 Å².